The molecule has 0 radical (unpaired) electrons. The summed E-state index contributed by atoms with van der Waals surface area (Å²) in [6.45, 7) is 0.797. The summed E-state index contributed by atoms with van der Waals surface area (Å²) in [6, 6.07) is 21.5. The second kappa shape index (κ2) is 5.60. The quantitative estimate of drug-likeness (QED) is 0.773. The average Bonchev–Trinajstić information content (AvgIpc) is 2.82. The highest BCUT2D eigenvalue weighted by Gasteiger charge is 2.36. The Morgan fingerprint density at radius 1 is 1.05 bits per heavy atom. The molecule has 3 heteroatoms. The van der Waals surface area contributed by atoms with Crippen LogP contribution in [0.25, 0.3) is 0 Å². The maximum absolute atomic E-state index is 5.96. The second-order valence-electron chi connectivity index (χ2n) is 5.11. The summed E-state index contributed by atoms with van der Waals surface area (Å²) in [4.78, 5) is 2.34. The summed E-state index contributed by atoms with van der Waals surface area (Å²) in [5, 5.41) is 0. The fourth-order valence-electron chi connectivity index (χ4n) is 2.67. The number of likely N-dealkylation sites (N-methyl/N-ethyl adjacent to an activating group) is 1. The molecule has 0 aromatic heterocycles. The van der Waals surface area contributed by atoms with E-state index in [0.29, 0.717) is 6.04 Å². The Bertz CT molecular complexity index is 517. The molecule has 1 atom stereocenters. The topological polar surface area (TPSA) is 12.5 Å². The lowest BCUT2D eigenvalue weighted by Crippen LogP contribution is -2.46. The van der Waals surface area contributed by atoms with E-state index in [-0.39, 0.29) is 7.05 Å². The fourth-order valence-corrected chi connectivity index (χ4v) is 2.67. The highest BCUT2D eigenvalue weighted by molar-refractivity contribution is 6.65. The van der Waals surface area contributed by atoms with Crippen LogP contribution in [0.3, 0.4) is 0 Å². The smallest absolute Gasteiger partial charge is 0.416 e. The standard InChI is InChI=1S/C16H18BNO/c1-18-16(12-14-8-4-2-5-9-14)13-19-17(18)15-10-6-3-7-11-15/h2-11,16H,12-13H2,1H3/t16-/m0/s1. The Morgan fingerprint density at radius 3 is 2.37 bits per heavy atom. The van der Waals surface area contributed by atoms with Gasteiger partial charge in [0.25, 0.3) is 0 Å². The van der Waals surface area contributed by atoms with Gasteiger partial charge in [0.2, 0.25) is 0 Å². The van der Waals surface area contributed by atoms with E-state index in [1.54, 1.807) is 0 Å². The molecule has 3 rings (SSSR count). The van der Waals surface area contributed by atoms with E-state index in [2.05, 4.69) is 66.5 Å². The number of rotatable bonds is 3. The highest BCUT2D eigenvalue weighted by atomic mass is 16.5. The highest BCUT2D eigenvalue weighted by Crippen LogP contribution is 2.16. The van der Waals surface area contributed by atoms with Crippen LogP contribution in [0.2, 0.25) is 0 Å². The van der Waals surface area contributed by atoms with Crippen molar-refractivity contribution in [1.82, 2.24) is 4.81 Å². The molecule has 0 spiro atoms. The molecule has 1 heterocycles. The van der Waals surface area contributed by atoms with Gasteiger partial charge in [-0.1, -0.05) is 60.7 Å². The van der Waals surface area contributed by atoms with Gasteiger partial charge in [0.1, 0.15) is 0 Å². The van der Waals surface area contributed by atoms with Crippen molar-refractivity contribution in [3.05, 3.63) is 66.2 Å². The summed E-state index contributed by atoms with van der Waals surface area (Å²) < 4.78 is 5.96. The van der Waals surface area contributed by atoms with E-state index in [0.717, 1.165) is 13.0 Å². The van der Waals surface area contributed by atoms with Crippen LogP contribution in [0.15, 0.2) is 60.7 Å². The number of benzene rings is 2. The number of hydrogen-bond acceptors (Lipinski definition) is 2. The van der Waals surface area contributed by atoms with Gasteiger partial charge in [0, 0.05) is 12.6 Å². The molecular formula is C16H18BNO. The van der Waals surface area contributed by atoms with E-state index >= 15 is 0 Å². The van der Waals surface area contributed by atoms with Crippen LogP contribution in [0.1, 0.15) is 5.56 Å². The Kier molecular flexibility index (Phi) is 3.67. The molecule has 1 aliphatic rings. The summed E-state index contributed by atoms with van der Waals surface area (Å²) in [7, 11) is 2.24. The fraction of sp³-hybridized carbons (Fsp3) is 0.250. The molecule has 2 nitrogen and oxygen atoms in total. The Labute approximate surface area is 115 Å². The lowest BCUT2D eigenvalue weighted by atomic mass is 9.72. The van der Waals surface area contributed by atoms with Crippen LogP contribution in [0.5, 0.6) is 0 Å². The first-order valence-electron chi connectivity index (χ1n) is 6.77. The SMILES string of the molecule is CN1B(c2ccccc2)OC[C@@H]1Cc1ccccc1. The summed E-state index contributed by atoms with van der Waals surface area (Å²) >= 11 is 0. The lowest BCUT2D eigenvalue weighted by Gasteiger charge is -2.21. The van der Waals surface area contributed by atoms with Gasteiger partial charge in [-0.2, -0.15) is 0 Å². The van der Waals surface area contributed by atoms with Gasteiger partial charge < -0.3 is 9.47 Å². The van der Waals surface area contributed by atoms with Crippen LogP contribution < -0.4 is 5.46 Å². The zero-order valence-corrected chi connectivity index (χ0v) is 11.2. The average molecular weight is 251 g/mol. The van der Waals surface area contributed by atoms with Crippen LogP contribution in [0.4, 0.5) is 0 Å². The molecule has 1 aliphatic heterocycles. The largest absolute Gasteiger partial charge is 0.418 e. The maximum atomic E-state index is 5.96. The normalized spacial score (nSPS) is 19.8. The van der Waals surface area contributed by atoms with Crippen LogP contribution in [0, 0.1) is 0 Å². The minimum Gasteiger partial charge on any atom is -0.416 e. The van der Waals surface area contributed by atoms with Crippen molar-refractivity contribution in [2.75, 3.05) is 13.7 Å². The van der Waals surface area contributed by atoms with Gasteiger partial charge in [-0.25, -0.2) is 0 Å². The van der Waals surface area contributed by atoms with E-state index in [4.69, 9.17) is 4.65 Å². The summed E-state index contributed by atoms with van der Waals surface area (Å²) in [6.07, 6.45) is 1.04. The zero-order valence-electron chi connectivity index (χ0n) is 11.2. The molecule has 1 saturated heterocycles. The van der Waals surface area contributed by atoms with Crippen molar-refractivity contribution in [2.24, 2.45) is 0 Å². The van der Waals surface area contributed by atoms with Crippen molar-refractivity contribution < 1.29 is 4.65 Å². The van der Waals surface area contributed by atoms with Crippen molar-refractivity contribution in [3.8, 4) is 0 Å². The third kappa shape index (κ3) is 2.72. The number of nitrogens with zero attached hydrogens (tertiary/aromatic N) is 1. The molecule has 0 bridgehead atoms. The van der Waals surface area contributed by atoms with Crippen LogP contribution in [-0.2, 0) is 11.1 Å². The first kappa shape index (κ1) is 12.5. The first-order chi connectivity index (χ1) is 9.34. The molecule has 0 N–H and O–H groups in total. The molecule has 2 aromatic rings. The zero-order chi connectivity index (χ0) is 13.1. The third-order valence-electron chi connectivity index (χ3n) is 3.79. The van der Waals surface area contributed by atoms with Gasteiger partial charge in [0.15, 0.2) is 0 Å². The van der Waals surface area contributed by atoms with E-state index < -0.39 is 0 Å². The summed E-state index contributed by atoms with van der Waals surface area (Å²) in [5.74, 6) is 0. The predicted molar refractivity (Wildman–Crippen MR) is 79.5 cm³/mol. The molecule has 0 aliphatic carbocycles. The summed E-state index contributed by atoms with van der Waals surface area (Å²) in [5.41, 5.74) is 2.61. The minimum absolute atomic E-state index is 0.0925. The Morgan fingerprint density at radius 2 is 1.68 bits per heavy atom. The number of hydrogen-bond donors (Lipinski definition) is 0. The Hall–Kier alpha value is -1.58. The molecule has 19 heavy (non-hydrogen) atoms. The van der Waals surface area contributed by atoms with Crippen LogP contribution >= 0.6 is 0 Å². The Balaban J connectivity index is 1.71. The minimum atomic E-state index is 0.0925. The van der Waals surface area contributed by atoms with Gasteiger partial charge in [-0.3, -0.25) is 0 Å². The lowest BCUT2D eigenvalue weighted by molar-refractivity contribution is 0.323. The van der Waals surface area contributed by atoms with E-state index in [1.807, 2.05) is 6.07 Å². The van der Waals surface area contributed by atoms with Gasteiger partial charge in [0.05, 0.1) is 0 Å². The monoisotopic (exact) mass is 251 g/mol. The molecule has 0 saturated carbocycles. The third-order valence-corrected chi connectivity index (χ3v) is 3.79. The molecule has 96 valence electrons. The molecule has 2 aromatic carbocycles. The van der Waals surface area contributed by atoms with Gasteiger partial charge in [-0.15, -0.1) is 0 Å². The van der Waals surface area contributed by atoms with Crippen molar-refractivity contribution in [1.29, 1.82) is 0 Å². The molecule has 1 fully saturated rings. The van der Waals surface area contributed by atoms with Gasteiger partial charge >= 0.3 is 7.05 Å². The molecule has 0 amide bonds. The van der Waals surface area contributed by atoms with Crippen LogP contribution in [-0.4, -0.2) is 31.6 Å². The van der Waals surface area contributed by atoms with E-state index in [1.165, 1.54) is 11.0 Å². The molecular weight excluding hydrogens is 233 g/mol. The van der Waals surface area contributed by atoms with Crippen molar-refractivity contribution in [2.45, 2.75) is 12.5 Å². The first-order valence-corrected chi connectivity index (χ1v) is 6.77. The van der Waals surface area contributed by atoms with E-state index in [9.17, 15) is 0 Å². The maximum Gasteiger partial charge on any atom is 0.418 e. The predicted octanol–water partition coefficient (Wildman–Crippen LogP) is 1.96. The van der Waals surface area contributed by atoms with Crippen molar-refractivity contribution >= 4 is 12.5 Å². The second-order valence-corrected chi connectivity index (χ2v) is 5.11. The van der Waals surface area contributed by atoms with Gasteiger partial charge in [-0.05, 0) is 24.5 Å². The molecule has 0 unspecified atom stereocenters. The van der Waals surface area contributed by atoms with Crippen molar-refractivity contribution in [3.63, 3.8) is 0 Å².